The summed E-state index contributed by atoms with van der Waals surface area (Å²) in [4.78, 5) is 8.40. The Kier molecular flexibility index (Phi) is 6.23. The topological polar surface area (TPSA) is 105 Å². The van der Waals surface area contributed by atoms with Gasteiger partial charge in [-0.25, -0.2) is 15.8 Å². The molecule has 0 aliphatic heterocycles. The van der Waals surface area contributed by atoms with Crippen molar-refractivity contribution in [2.45, 2.75) is 19.4 Å². The minimum atomic E-state index is 0.204. The van der Waals surface area contributed by atoms with Gasteiger partial charge in [0.15, 0.2) is 5.82 Å². The number of hydrogen-bond acceptors (Lipinski definition) is 7. The summed E-state index contributed by atoms with van der Waals surface area (Å²) in [6.45, 7) is 1.28. The number of aliphatic hydroxyl groups excluding tert-OH is 1. The van der Waals surface area contributed by atoms with Crippen LogP contribution in [0.1, 0.15) is 18.7 Å². The molecule has 0 amide bonds. The predicted molar refractivity (Wildman–Crippen MR) is 65.4 cm³/mol. The van der Waals surface area contributed by atoms with E-state index >= 15 is 0 Å². The molecule has 17 heavy (non-hydrogen) atoms. The van der Waals surface area contributed by atoms with Gasteiger partial charge in [-0.1, -0.05) is 0 Å². The van der Waals surface area contributed by atoms with Gasteiger partial charge in [-0.05, 0) is 12.8 Å². The molecule has 1 aromatic rings. The fraction of sp³-hybridized carbons (Fsp3) is 0.600. The van der Waals surface area contributed by atoms with Crippen molar-refractivity contribution >= 4 is 11.6 Å². The number of hydrazine groups is 1. The number of aliphatic hydroxyl groups is 1. The van der Waals surface area contributed by atoms with E-state index in [1.807, 2.05) is 0 Å². The van der Waals surface area contributed by atoms with Gasteiger partial charge in [-0.15, -0.1) is 0 Å². The van der Waals surface area contributed by atoms with Crippen molar-refractivity contribution in [3.8, 4) is 0 Å². The highest BCUT2D eigenvalue weighted by atomic mass is 16.5. The van der Waals surface area contributed by atoms with Crippen LogP contribution in [0.4, 0.5) is 11.6 Å². The van der Waals surface area contributed by atoms with Crippen molar-refractivity contribution < 1.29 is 9.84 Å². The smallest absolute Gasteiger partial charge is 0.158 e. The normalized spacial score (nSPS) is 10.3. The Bertz CT molecular complexity index is 334. The van der Waals surface area contributed by atoms with E-state index in [-0.39, 0.29) is 6.61 Å². The summed E-state index contributed by atoms with van der Waals surface area (Å²) in [5.41, 5.74) is 2.48. The number of ether oxygens (including phenoxy) is 1. The van der Waals surface area contributed by atoms with E-state index in [4.69, 9.17) is 15.7 Å². The van der Waals surface area contributed by atoms with Crippen LogP contribution >= 0.6 is 0 Å². The molecule has 7 nitrogen and oxygen atoms in total. The third-order valence-corrected chi connectivity index (χ3v) is 2.08. The highest BCUT2D eigenvalue weighted by molar-refractivity contribution is 5.46. The zero-order chi connectivity index (χ0) is 12.5. The van der Waals surface area contributed by atoms with Crippen molar-refractivity contribution in [1.29, 1.82) is 0 Å². The van der Waals surface area contributed by atoms with Gasteiger partial charge >= 0.3 is 0 Å². The molecular weight excluding hydrogens is 222 g/mol. The molecule has 0 aliphatic rings. The Morgan fingerprint density at radius 2 is 2.12 bits per heavy atom. The van der Waals surface area contributed by atoms with Crippen LogP contribution in [0, 0.1) is 0 Å². The van der Waals surface area contributed by atoms with Crippen molar-refractivity contribution in [2.24, 2.45) is 5.84 Å². The van der Waals surface area contributed by atoms with E-state index in [9.17, 15) is 0 Å². The van der Waals surface area contributed by atoms with E-state index in [2.05, 4.69) is 20.7 Å². The number of nitrogens with two attached hydrogens (primary N) is 1. The lowest BCUT2D eigenvalue weighted by Gasteiger charge is -2.09. The first kappa shape index (κ1) is 13.6. The largest absolute Gasteiger partial charge is 0.396 e. The zero-order valence-corrected chi connectivity index (χ0v) is 9.94. The number of rotatable bonds is 8. The summed E-state index contributed by atoms with van der Waals surface area (Å²) in [5, 5.41) is 11.8. The lowest BCUT2D eigenvalue weighted by molar-refractivity contribution is 0.178. The first-order valence-corrected chi connectivity index (χ1v) is 5.48. The monoisotopic (exact) mass is 241 g/mol. The number of aromatic nitrogens is 2. The Hall–Kier alpha value is -1.44. The molecule has 0 bridgehead atoms. The second-order valence-electron chi connectivity index (χ2n) is 3.49. The molecule has 0 radical (unpaired) electrons. The number of anilines is 2. The van der Waals surface area contributed by atoms with E-state index in [0.717, 1.165) is 19.4 Å². The Balaban J connectivity index is 2.59. The lowest BCUT2D eigenvalue weighted by atomic mass is 10.3. The molecule has 1 rings (SSSR count). The lowest BCUT2D eigenvalue weighted by Crippen LogP contribution is -2.13. The van der Waals surface area contributed by atoms with Crippen molar-refractivity contribution in [1.82, 2.24) is 9.97 Å². The first-order chi connectivity index (χ1) is 8.30. The van der Waals surface area contributed by atoms with Crippen LogP contribution < -0.4 is 16.6 Å². The van der Waals surface area contributed by atoms with Gasteiger partial charge in [0.25, 0.3) is 0 Å². The Labute approximate surface area is 100 Å². The molecule has 0 aliphatic carbocycles. The van der Waals surface area contributed by atoms with Gasteiger partial charge in [0.05, 0.1) is 0 Å². The van der Waals surface area contributed by atoms with E-state index in [0.29, 0.717) is 24.1 Å². The minimum Gasteiger partial charge on any atom is -0.396 e. The number of methoxy groups -OCH3 is 1. The van der Waals surface area contributed by atoms with Crippen LogP contribution in [-0.2, 0) is 11.3 Å². The first-order valence-electron chi connectivity index (χ1n) is 5.48. The molecule has 0 fully saturated rings. The summed E-state index contributed by atoms with van der Waals surface area (Å²) < 4.78 is 4.97. The third kappa shape index (κ3) is 4.94. The second-order valence-corrected chi connectivity index (χ2v) is 3.49. The Morgan fingerprint density at radius 3 is 2.76 bits per heavy atom. The summed E-state index contributed by atoms with van der Waals surface area (Å²) in [7, 11) is 1.58. The van der Waals surface area contributed by atoms with Gasteiger partial charge < -0.3 is 20.6 Å². The summed E-state index contributed by atoms with van der Waals surface area (Å²) in [5.74, 6) is 7.11. The maximum Gasteiger partial charge on any atom is 0.158 e. The Morgan fingerprint density at radius 1 is 1.35 bits per heavy atom. The minimum absolute atomic E-state index is 0.204. The molecule has 1 heterocycles. The van der Waals surface area contributed by atoms with Gasteiger partial charge in [-0.2, -0.15) is 0 Å². The van der Waals surface area contributed by atoms with E-state index in [1.165, 1.54) is 0 Å². The summed E-state index contributed by atoms with van der Waals surface area (Å²) in [6, 6.07) is 1.72. The van der Waals surface area contributed by atoms with Gasteiger partial charge in [0, 0.05) is 26.3 Å². The molecule has 0 unspecified atom stereocenters. The average Bonchev–Trinajstić information content (AvgIpc) is 2.35. The van der Waals surface area contributed by atoms with E-state index < -0.39 is 0 Å². The molecule has 0 saturated carbocycles. The third-order valence-electron chi connectivity index (χ3n) is 2.08. The highest BCUT2D eigenvalue weighted by Crippen LogP contribution is 2.11. The predicted octanol–water partition coefficient (Wildman–Crippen LogP) is 0.0930. The molecule has 1 aromatic heterocycles. The van der Waals surface area contributed by atoms with Gasteiger partial charge in [-0.3, -0.25) is 0 Å². The standard InChI is InChI=1S/C10H19N5O2/c1-17-7-10-13-8(6-9(14-10)15-11)12-4-2-3-5-16/h6,16H,2-5,7,11H2,1H3,(H2,12,13,14,15). The fourth-order valence-corrected chi connectivity index (χ4v) is 1.31. The summed E-state index contributed by atoms with van der Waals surface area (Å²) >= 11 is 0. The SMILES string of the molecule is COCc1nc(NN)cc(NCCCCO)n1. The van der Waals surface area contributed by atoms with Gasteiger partial charge in [0.1, 0.15) is 18.2 Å². The van der Waals surface area contributed by atoms with E-state index in [1.54, 1.807) is 13.2 Å². The van der Waals surface area contributed by atoms with Crippen LogP contribution in [0.3, 0.4) is 0 Å². The zero-order valence-electron chi connectivity index (χ0n) is 9.94. The summed E-state index contributed by atoms with van der Waals surface area (Å²) in [6.07, 6.45) is 1.65. The molecule has 0 aromatic carbocycles. The van der Waals surface area contributed by atoms with Crippen molar-refractivity contribution in [3.05, 3.63) is 11.9 Å². The quantitative estimate of drug-likeness (QED) is 0.290. The van der Waals surface area contributed by atoms with Crippen LogP contribution in [0.2, 0.25) is 0 Å². The molecule has 5 N–H and O–H groups in total. The average molecular weight is 241 g/mol. The number of hydrogen-bond donors (Lipinski definition) is 4. The van der Waals surface area contributed by atoms with Crippen molar-refractivity contribution in [2.75, 3.05) is 31.0 Å². The molecule has 0 atom stereocenters. The number of nitrogen functional groups attached to an aromatic ring is 1. The maximum absolute atomic E-state index is 8.66. The molecule has 7 heteroatoms. The highest BCUT2D eigenvalue weighted by Gasteiger charge is 2.03. The molecule has 96 valence electrons. The van der Waals surface area contributed by atoms with Crippen LogP contribution in [0.5, 0.6) is 0 Å². The van der Waals surface area contributed by atoms with Crippen molar-refractivity contribution in [3.63, 3.8) is 0 Å². The van der Waals surface area contributed by atoms with Crippen LogP contribution in [-0.4, -0.2) is 35.3 Å². The molecule has 0 spiro atoms. The van der Waals surface area contributed by atoms with Crippen LogP contribution in [0.15, 0.2) is 6.07 Å². The second kappa shape index (κ2) is 7.77. The maximum atomic E-state index is 8.66. The van der Waals surface area contributed by atoms with Gasteiger partial charge in [0.2, 0.25) is 0 Å². The number of unbranched alkanes of at least 4 members (excludes halogenated alkanes) is 1. The molecule has 0 saturated heterocycles. The van der Waals surface area contributed by atoms with Crippen LogP contribution in [0.25, 0.3) is 0 Å². The number of nitrogens with zero attached hydrogens (tertiary/aromatic N) is 2. The fourth-order valence-electron chi connectivity index (χ4n) is 1.31. The number of nitrogens with one attached hydrogen (secondary N) is 2. The molecular formula is C10H19N5O2.